The number of methoxy groups -OCH3 is 2. The number of ether oxygens (including phenoxy) is 2. The summed E-state index contributed by atoms with van der Waals surface area (Å²) in [6.07, 6.45) is 8.45. The van der Waals surface area contributed by atoms with E-state index in [1.54, 1.807) is 7.11 Å². The molecule has 3 atom stereocenters. The van der Waals surface area contributed by atoms with Crippen LogP contribution in [0.5, 0.6) is 11.5 Å². The summed E-state index contributed by atoms with van der Waals surface area (Å²) < 4.78 is 27.6. The van der Waals surface area contributed by atoms with Gasteiger partial charge in [-0.2, -0.15) is 0 Å². The van der Waals surface area contributed by atoms with Gasteiger partial charge in [0.15, 0.2) is 11.6 Å². The Labute approximate surface area is 188 Å². The SMILES string of the molecule is CCCCCCC(C)(C)c1cc(OC)c(C2(O)C3(C)CCC(C3)C2(C)C)c(OC)c1F. The number of halogens is 1. The third-order valence-electron chi connectivity index (χ3n) is 8.92. The van der Waals surface area contributed by atoms with E-state index in [2.05, 4.69) is 41.5 Å². The van der Waals surface area contributed by atoms with Gasteiger partial charge < -0.3 is 14.6 Å². The summed E-state index contributed by atoms with van der Waals surface area (Å²) in [5.41, 5.74) is -1.20. The van der Waals surface area contributed by atoms with E-state index >= 15 is 4.39 Å². The molecule has 2 saturated carbocycles. The zero-order chi connectivity index (χ0) is 23.2. The van der Waals surface area contributed by atoms with Gasteiger partial charge in [0.25, 0.3) is 0 Å². The van der Waals surface area contributed by atoms with Crippen LogP contribution in [0.15, 0.2) is 6.07 Å². The van der Waals surface area contributed by atoms with E-state index in [1.165, 1.54) is 20.0 Å². The van der Waals surface area contributed by atoms with Crippen LogP contribution < -0.4 is 9.47 Å². The van der Waals surface area contributed by atoms with Gasteiger partial charge in [-0.05, 0) is 43.1 Å². The summed E-state index contributed by atoms with van der Waals surface area (Å²) in [5, 5.41) is 12.4. The first kappa shape index (κ1) is 24.4. The van der Waals surface area contributed by atoms with Crippen LogP contribution in [-0.2, 0) is 11.0 Å². The Morgan fingerprint density at radius 1 is 1.13 bits per heavy atom. The van der Waals surface area contributed by atoms with Gasteiger partial charge in [0.2, 0.25) is 0 Å². The molecule has 4 heteroatoms. The van der Waals surface area contributed by atoms with Gasteiger partial charge in [-0.1, -0.05) is 67.2 Å². The Morgan fingerprint density at radius 3 is 2.32 bits per heavy atom. The fraction of sp³-hybridized carbons (Fsp3) is 0.778. The maximum absolute atomic E-state index is 16.1. The van der Waals surface area contributed by atoms with Crippen LogP contribution in [0.1, 0.15) is 104 Å². The lowest BCUT2D eigenvalue weighted by Crippen LogP contribution is -2.51. The van der Waals surface area contributed by atoms with Crippen LogP contribution in [0.25, 0.3) is 0 Å². The highest BCUT2D eigenvalue weighted by atomic mass is 19.1. The molecule has 2 aliphatic carbocycles. The summed E-state index contributed by atoms with van der Waals surface area (Å²) >= 11 is 0. The number of unbranched alkanes of at least 4 members (excludes halogenated alkanes) is 3. The van der Waals surface area contributed by atoms with Crippen molar-refractivity contribution in [3.05, 3.63) is 23.0 Å². The van der Waals surface area contributed by atoms with E-state index in [4.69, 9.17) is 9.47 Å². The van der Waals surface area contributed by atoms with E-state index in [9.17, 15) is 5.11 Å². The van der Waals surface area contributed by atoms with Crippen molar-refractivity contribution >= 4 is 0 Å². The number of rotatable bonds is 9. The van der Waals surface area contributed by atoms with Crippen LogP contribution >= 0.6 is 0 Å². The molecule has 0 saturated heterocycles. The quantitative estimate of drug-likeness (QED) is 0.420. The lowest BCUT2D eigenvalue weighted by atomic mass is 9.57. The molecule has 3 nitrogen and oxygen atoms in total. The average molecular weight is 435 g/mol. The Hall–Kier alpha value is -1.29. The van der Waals surface area contributed by atoms with Gasteiger partial charge in [0.1, 0.15) is 11.4 Å². The zero-order valence-electron chi connectivity index (χ0n) is 21.0. The predicted octanol–water partition coefficient (Wildman–Crippen LogP) is 7.12. The first-order chi connectivity index (χ1) is 14.4. The monoisotopic (exact) mass is 434 g/mol. The molecule has 0 amide bonds. The smallest absolute Gasteiger partial charge is 0.169 e. The molecule has 2 aliphatic rings. The van der Waals surface area contributed by atoms with Crippen molar-refractivity contribution in [2.45, 2.75) is 104 Å². The average Bonchev–Trinajstić information content (AvgIpc) is 3.19. The standard InChI is InChI=1S/C27H43FO3/c1-9-10-11-12-14-24(2,3)19-16-20(30-7)21(23(31-8)22(19)28)27(29)25(4,5)18-13-15-26(27,6)17-18/h16,18,29H,9-15,17H2,1-8H3. The summed E-state index contributed by atoms with van der Waals surface area (Å²) in [7, 11) is 3.12. The Morgan fingerprint density at radius 2 is 1.81 bits per heavy atom. The predicted molar refractivity (Wildman–Crippen MR) is 124 cm³/mol. The van der Waals surface area contributed by atoms with Gasteiger partial charge in [-0.15, -0.1) is 0 Å². The van der Waals surface area contributed by atoms with Crippen molar-refractivity contribution in [1.82, 2.24) is 0 Å². The van der Waals surface area contributed by atoms with Crippen LogP contribution in [0, 0.1) is 22.6 Å². The molecule has 0 radical (unpaired) electrons. The van der Waals surface area contributed by atoms with E-state index < -0.39 is 11.0 Å². The highest BCUT2D eigenvalue weighted by Crippen LogP contribution is 2.73. The second kappa shape index (κ2) is 8.24. The van der Waals surface area contributed by atoms with Crippen LogP contribution in [0.4, 0.5) is 4.39 Å². The second-order valence-corrected chi connectivity index (χ2v) is 11.5. The normalized spacial score (nSPS) is 29.4. The van der Waals surface area contributed by atoms with Crippen molar-refractivity contribution < 1.29 is 19.0 Å². The third-order valence-corrected chi connectivity index (χ3v) is 8.92. The number of aliphatic hydroxyl groups is 1. The first-order valence-electron chi connectivity index (χ1n) is 12.1. The second-order valence-electron chi connectivity index (χ2n) is 11.5. The van der Waals surface area contributed by atoms with Gasteiger partial charge in [-0.3, -0.25) is 0 Å². The molecule has 176 valence electrons. The van der Waals surface area contributed by atoms with E-state index in [1.807, 2.05) is 6.07 Å². The summed E-state index contributed by atoms with van der Waals surface area (Å²) in [4.78, 5) is 0. The fourth-order valence-corrected chi connectivity index (χ4v) is 6.81. The molecule has 3 rings (SSSR count). The minimum atomic E-state index is -1.22. The van der Waals surface area contributed by atoms with Crippen LogP contribution in [-0.4, -0.2) is 19.3 Å². The zero-order valence-corrected chi connectivity index (χ0v) is 21.0. The lowest BCUT2D eigenvalue weighted by Gasteiger charge is -2.51. The van der Waals surface area contributed by atoms with Crippen molar-refractivity contribution in [1.29, 1.82) is 0 Å². The third kappa shape index (κ3) is 3.48. The highest BCUT2D eigenvalue weighted by Gasteiger charge is 2.70. The maximum Gasteiger partial charge on any atom is 0.169 e. The maximum atomic E-state index is 16.1. The van der Waals surface area contributed by atoms with Crippen molar-refractivity contribution in [2.75, 3.05) is 14.2 Å². The lowest BCUT2D eigenvalue weighted by molar-refractivity contribution is -0.152. The Bertz CT molecular complexity index is 808. The largest absolute Gasteiger partial charge is 0.496 e. The van der Waals surface area contributed by atoms with Crippen LogP contribution in [0.2, 0.25) is 0 Å². The van der Waals surface area contributed by atoms with Gasteiger partial charge >= 0.3 is 0 Å². The minimum absolute atomic E-state index is 0.153. The van der Waals surface area contributed by atoms with Crippen molar-refractivity contribution in [3.63, 3.8) is 0 Å². The summed E-state index contributed by atoms with van der Waals surface area (Å²) in [6.45, 7) is 12.8. The molecule has 0 heterocycles. The topological polar surface area (TPSA) is 38.7 Å². The van der Waals surface area contributed by atoms with E-state index in [0.717, 1.165) is 38.5 Å². The van der Waals surface area contributed by atoms with Gasteiger partial charge in [-0.25, -0.2) is 4.39 Å². The van der Waals surface area contributed by atoms with Gasteiger partial charge in [0.05, 0.1) is 19.8 Å². The summed E-state index contributed by atoms with van der Waals surface area (Å²) in [5.74, 6) is 0.739. The fourth-order valence-electron chi connectivity index (χ4n) is 6.81. The molecule has 0 spiro atoms. The Kier molecular flexibility index (Phi) is 6.48. The molecule has 31 heavy (non-hydrogen) atoms. The molecule has 1 aromatic carbocycles. The summed E-state index contributed by atoms with van der Waals surface area (Å²) in [6, 6.07) is 1.83. The molecule has 3 unspecified atom stereocenters. The van der Waals surface area contributed by atoms with Crippen molar-refractivity contribution in [2.24, 2.45) is 16.7 Å². The number of benzene rings is 1. The molecule has 0 aliphatic heterocycles. The molecule has 2 bridgehead atoms. The Balaban J connectivity index is 2.15. The first-order valence-corrected chi connectivity index (χ1v) is 12.1. The van der Waals surface area contributed by atoms with Crippen molar-refractivity contribution in [3.8, 4) is 11.5 Å². The minimum Gasteiger partial charge on any atom is -0.496 e. The number of hydrogen-bond donors (Lipinski definition) is 1. The van der Waals surface area contributed by atoms with E-state index in [-0.39, 0.29) is 22.4 Å². The van der Waals surface area contributed by atoms with E-state index in [0.29, 0.717) is 22.8 Å². The van der Waals surface area contributed by atoms with Crippen LogP contribution in [0.3, 0.4) is 0 Å². The van der Waals surface area contributed by atoms with Gasteiger partial charge in [0, 0.05) is 16.4 Å². The molecular formula is C27H43FO3. The molecule has 0 aromatic heterocycles. The molecular weight excluding hydrogens is 391 g/mol. The molecule has 1 N–H and O–H groups in total. The number of fused-ring (bicyclic) bond motifs is 2. The highest BCUT2D eigenvalue weighted by molar-refractivity contribution is 5.56. The molecule has 2 fully saturated rings. The number of hydrogen-bond acceptors (Lipinski definition) is 3. The molecule has 1 aromatic rings.